The summed E-state index contributed by atoms with van der Waals surface area (Å²) < 4.78 is 16.4. The van der Waals surface area contributed by atoms with E-state index in [2.05, 4.69) is 56.3 Å². The lowest BCUT2D eigenvalue weighted by molar-refractivity contribution is 0.0634. The van der Waals surface area contributed by atoms with Gasteiger partial charge in [-0.1, -0.05) is 42.8 Å². The highest BCUT2D eigenvalue weighted by Gasteiger charge is 2.20. The number of fused-ring (bicyclic) bond motifs is 2. The molecule has 2 aromatic carbocycles. The van der Waals surface area contributed by atoms with E-state index in [4.69, 9.17) is 42.5 Å². The third-order valence-corrected chi connectivity index (χ3v) is 10.5. The maximum Gasteiger partial charge on any atom is 0.413 e. The second kappa shape index (κ2) is 21.4. The number of carbonyl (C=O) groups excluding carboxylic acids is 3. The lowest BCUT2D eigenvalue weighted by Crippen LogP contribution is -2.28. The Hall–Kier alpha value is -7.57. The van der Waals surface area contributed by atoms with Crippen LogP contribution in [0.3, 0.4) is 0 Å². The number of hydrogen-bond acceptors (Lipinski definition) is 15. The van der Waals surface area contributed by atoms with Crippen molar-refractivity contribution in [3.63, 3.8) is 0 Å². The molecule has 0 spiro atoms. The Bertz CT molecular complexity index is 3100. The number of rotatable bonds is 11. The summed E-state index contributed by atoms with van der Waals surface area (Å²) in [5.74, 6) is 0.311. The van der Waals surface area contributed by atoms with Gasteiger partial charge in [-0.2, -0.15) is 0 Å². The van der Waals surface area contributed by atoms with E-state index in [1.165, 1.54) is 0 Å². The van der Waals surface area contributed by atoms with E-state index in [9.17, 15) is 14.4 Å². The Balaban J connectivity index is 0.000000225. The van der Waals surface area contributed by atoms with Crippen LogP contribution in [0.25, 0.3) is 21.8 Å². The van der Waals surface area contributed by atoms with Crippen LogP contribution in [0, 0.1) is 27.7 Å². The monoisotopic (exact) mass is 960 g/mol. The van der Waals surface area contributed by atoms with Crippen molar-refractivity contribution in [2.24, 2.45) is 0 Å². The largest absolute Gasteiger partial charge is 0.444 e. The molecule has 6 aromatic heterocycles. The molecule has 6 heterocycles. The second-order valence-electron chi connectivity index (χ2n) is 16.5. The zero-order valence-electron chi connectivity index (χ0n) is 37.6. The molecule has 20 heteroatoms. The van der Waals surface area contributed by atoms with Gasteiger partial charge < -0.3 is 29.9 Å². The van der Waals surface area contributed by atoms with E-state index in [1.807, 2.05) is 69.3 Å². The summed E-state index contributed by atoms with van der Waals surface area (Å²) in [6.07, 6.45) is 3.37. The highest BCUT2D eigenvalue weighted by Crippen LogP contribution is 2.23. The van der Waals surface area contributed by atoms with E-state index in [1.54, 1.807) is 52.2 Å². The molecule has 0 aliphatic rings. The van der Waals surface area contributed by atoms with Crippen LogP contribution < -0.4 is 21.7 Å². The van der Waals surface area contributed by atoms with Gasteiger partial charge in [-0.05, 0) is 130 Å². The van der Waals surface area contributed by atoms with Gasteiger partial charge in [0.15, 0.2) is 0 Å². The average Bonchev–Trinajstić information content (AvgIpc) is 3.92. The Kier molecular flexibility index (Phi) is 15.7. The number of aryl methyl sites for hydroxylation is 4. The van der Waals surface area contributed by atoms with Crippen LogP contribution in [0.15, 0.2) is 81.9 Å². The van der Waals surface area contributed by atoms with E-state index in [-0.39, 0.29) is 25.8 Å². The SMILES string of the molecule is C.Cc1cc(N)nc(C)c1CNC(=O)c1nnc(Cc2ccc3ncc(Cl)cc3c2)o1.Cc1cc(NC(=O)OC(C)(C)C)nc(C)c1CNC(=O)c1nnc(Cc2ccc3ncc(Cl)cc3c2)o1. The molecular formula is C48H50Cl2N12O6. The number of halogens is 2. The normalized spacial score (nSPS) is 11.1. The van der Waals surface area contributed by atoms with Crippen molar-refractivity contribution in [3.8, 4) is 0 Å². The molecule has 8 rings (SSSR count). The molecule has 0 atom stereocenters. The number of benzene rings is 2. The Morgan fingerprint density at radius 1 is 0.662 bits per heavy atom. The summed E-state index contributed by atoms with van der Waals surface area (Å²) in [7, 11) is 0. The molecule has 0 aliphatic carbocycles. The molecule has 0 aliphatic heterocycles. The fourth-order valence-electron chi connectivity index (χ4n) is 6.95. The topological polar surface area (TPSA) is 252 Å². The Morgan fingerprint density at radius 2 is 1.13 bits per heavy atom. The number of nitrogens with zero attached hydrogens (tertiary/aromatic N) is 8. The molecule has 0 unspecified atom stereocenters. The van der Waals surface area contributed by atoms with Gasteiger partial charge >= 0.3 is 29.7 Å². The summed E-state index contributed by atoms with van der Waals surface area (Å²) in [4.78, 5) is 54.3. The van der Waals surface area contributed by atoms with E-state index < -0.39 is 23.5 Å². The third-order valence-electron chi connectivity index (χ3n) is 10.1. The summed E-state index contributed by atoms with van der Waals surface area (Å²) in [5, 5.41) is 26.9. The minimum atomic E-state index is -0.617. The van der Waals surface area contributed by atoms with Gasteiger partial charge in [0.25, 0.3) is 0 Å². The van der Waals surface area contributed by atoms with Gasteiger partial charge in [-0.15, -0.1) is 20.4 Å². The van der Waals surface area contributed by atoms with Crippen molar-refractivity contribution < 1.29 is 28.0 Å². The van der Waals surface area contributed by atoms with Crippen LogP contribution in [0.2, 0.25) is 10.0 Å². The number of pyridine rings is 4. The number of nitrogen functional groups attached to an aromatic ring is 1. The maximum absolute atomic E-state index is 12.6. The van der Waals surface area contributed by atoms with Gasteiger partial charge in [0, 0.05) is 47.6 Å². The van der Waals surface area contributed by atoms with Crippen molar-refractivity contribution in [1.29, 1.82) is 0 Å². The molecule has 0 fully saturated rings. The lowest BCUT2D eigenvalue weighted by atomic mass is 10.1. The molecular weight excluding hydrogens is 912 g/mol. The van der Waals surface area contributed by atoms with Crippen LogP contribution >= 0.6 is 23.2 Å². The van der Waals surface area contributed by atoms with Crippen LogP contribution in [0.1, 0.15) is 106 Å². The predicted octanol–water partition coefficient (Wildman–Crippen LogP) is 9.17. The zero-order valence-corrected chi connectivity index (χ0v) is 39.1. The Morgan fingerprint density at radius 3 is 1.59 bits per heavy atom. The van der Waals surface area contributed by atoms with Crippen molar-refractivity contribution in [2.75, 3.05) is 11.1 Å². The first-order valence-electron chi connectivity index (χ1n) is 20.8. The maximum atomic E-state index is 12.6. The first kappa shape index (κ1) is 49.9. The van der Waals surface area contributed by atoms with Gasteiger partial charge in [0.2, 0.25) is 11.8 Å². The van der Waals surface area contributed by atoms with Crippen molar-refractivity contribution in [2.45, 2.75) is 87.4 Å². The second-order valence-corrected chi connectivity index (χ2v) is 17.4. The van der Waals surface area contributed by atoms with E-state index in [0.717, 1.165) is 60.9 Å². The number of nitrogens with two attached hydrogens (primary N) is 1. The molecule has 0 saturated carbocycles. The highest BCUT2D eigenvalue weighted by molar-refractivity contribution is 6.31. The third kappa shape index (κ3) is 13.1. The molecule has 68 heavy (non-hydrogen) atoms. The van der Waals surface area contributed by atoms with Gasteiger partial charge in [-0.25, -0.2) is 14.8 Å². The summed E-state index contributed by atoms with van der Waals surface area (Å²) >= 11 is 12.1. The minimum absolute atomic E-state index is 0. The highest BCUT2D eigenvalue weighted by atomic mass is 35.5. The van der Waals surface area contributed by atoms with E-state index >= 15 is 0 Å². The van der Waals surface area contributed by atoms with Crippen LogP contribution in [0.4, 0.5) is 16.4 Å². The molecule has 5 N–H and O–H groups in total. The first-order chi connectivity index (χ1) is 31.8. The molecule has 0 saturated heterocycles. The van der Waals surface area contributed by atoms with Gasteiger partial charge in [-0.3, -0.25) is 24.9 Å². The fraction of sp³-hybridized carbons (Fsp3) is 0.271. The summed E-state index contributed by atoms with van der Waals surface area (Å²) in [5.41, 5.74) is 13.6. The molecule has 0 radical (unpaired) electrons. The molecule has 18 nitrogen and oxygen atoms in total. The quantitative estimate of drug-likeness (QED) is 0.0943. The number of amides is 3. The van der Waals surface area contributed by atoms with Crippen molar-refractivity contribution >= 4 is 74.6 Å². The van der Waals surface area contributed by atoms with Crippen LogP contribution in [-0.2, 0) is 30.7 Å². The molecule has 8 aromatic rings. The lowest BCUT2D eigenvalue weighted by Gasteiger charge is -2.20. The molecule has 0 bridgehead atoms. The van der Waals surface area contributed by atoms with Crippen molar-refractivity contribution in [3.05, 3.63) is 151 Å². The molecule has 3 amide bonds. The number of anilines is 2. The number of ether oxygens (including phenoxy) is 1. The summed E-state index contributed by atoms with van der Waals surface area (Å²) in [6, 6.07) is 18.7. The zero-order chi connectivity index (χ0) is 48.0. The number of nitrogens with one attached hydrogen (secondary N) is 3. The first-order valence-corrected chi connectivity index (χ1v) is 21.6. The number of carbonyl (C=O) groups is 3. The average molecular weight is 962 g/mol. The number of aromatic nitrogens is 8. The number of hydrogen-bond donors (Lipinski definition) is 4. The van der Waals surface area contributed by atoms with Crippen molar-refractivity contribution in [1.82, 2.24) is 51.0 Å². The van der Waals surface area contributed by atoms with Gasteiger partial charge in [0.1, 0.15) is 17.2 Å². The fourth-order valence-corrected chi connectivity index (χ4v) is 7.28. The van der Waals surface area contributed by atoms with Crippen LogP contribution in [0.5, 0.6) is 0 Å². The smallest absolute Gasteiger partial charge is 0.413 e. The summed E-state index contributed by atoms with van der Waals surface area (Å²) in [6.45, 7) is 13.3. The minimum Gasteiger partial charge on any atom is -0.444 e. The predicted molar refractivity (Wildman–Crippen MR) is 258 cm³/mol. The van der Waals surface area contributed by atoms with Gasteiger partial charge in [0.05, 0.1) is 33.9 Å². The Labute approximate surface area is 401 Å². The molecule has 352 valence electrons. The van der Waals surface area contributed by atoms with Crippen LogP contribution in [-0.4, -0.2) is 63.8 Å². The standard InChI is InChI=1S/C26H27ClN6O4.C21H19ClN6O2.CH4/c1-14-8-21(31-25(35)37-26(3,4)5)30-15(2)19(14)13-29-23(34)24-33-32-22(36-24)10-16-6-7-20-17(9-16)11-18(27)12-28-20;1-11-5-18(23)26-12(2)16(11)10-25-20(29)21-28-27-19(30-21)7-13-3-4-17-14(6-13)8-15(22)9-24-17;/h6-9,11-12H,10,13H2,1-5H3,(H,29,34)(H,30,31,35);3-6,8-9H,7,10H2,1-2H3,(H2,23,26)(H,25,29);1H4. The van der Waals surface area contributed by atoms with E-state index in [0.29, 0.717) is 58.5 Å².